The number of piperidine rings is 1. The van der Waals surface area contributed by atoms with Crippen molar-refractivity contribution in [3.05, 3.63) is 11.6 Å². The molecule has 4 saturated heterocycles. The number of aromatic nitrogens is 3. The summed E-state index contributed by atoms with van der Waals surface area (Å²) in [6.45, 7) is 6.76. The molecule has 4 aliphatic rings. The minimum Gasteiger partial charge on any atom is -0.381 e. The molecule has 25 heavy (non-hydrogen) atoms. The summed E-state index contributed by atoms with van der Waals surface area (Å²) in [6, 6.07) is 1.02. The topological polar surface area (TPSA) is 74.3 Å². The Labute approximate surface area is 149 Å². The molecule has 138 valence electrons. The first-order valence-electron chi connectivity index (χ1n) is 9.68. The number of carbonyl (C=O) groups excluding carboxylic acids is 1. The van der Waals surface area contributed by atoms with Gasteiger partial charge in [0.25, 0.3) is 0 Å². The molecule has 7 heteroatoms. The largest absolute Gasteiger partial charge is 0.381 e. The van der Waals surface area contributed by atoms with E-state index >= 15 is 0 Å². The van der Waals surface area contributed by atoms with Crippen LogP contribution in [-0.4, -0.2) is 75.8 Å². The summed E-state index contributed by atoms with van der Waals surface area (Å²) < 4.78 is 5.52. The Hall–Kier alpha value is -1.47. The number of carbonyl (C=O) groups is 1. The van der Waals surface area contributed by atoms with Crippen molar-refractivity contribution < 1.29 is 9.53 Å². The molecule has 1 amide bonds. The van der Waals surface area contributed by atoms with E-state index in [-0.39, 0.29) is 5.91 Å². The number of hydrogen-bond acceptors (Lipinski definition) is 5. The SMILES string of the molecule is Cc1nc(CCC(=O)N2C[C@H]3CC[C@@H]2CN(C2CCOCC2)C3)n[nH]1. The number of nitrogens with one attached hydrogen (secondary N) is 1. The summed E-state index contributed by atoms with van der Waals surface area (Å²) in [5.74, 6) is 2.44. The van der Waals surface area contributed by atoms with E-state index in [1.807, 2.05) is 6.92 Å². The molecule has 0 aliphatic carbocycles. The Balaban J connectivity index is 1.37. The third-order valence-electron chi connectivity index (χ3n) is 5.98. The van der Waals surface area contributed by atoms with Gasteiger partial charge in [-0.3, -0.25) is 14.8 Å². The zero-order chi connectivity index (χ0) is 17.2. The summed E-state index contributed by atoms with van der Waals surface area (Å²) in [7, 11) is 0. The number of amides is 1. The predicted molar refractivity (Wildman–Crippen MR) is 93.1 cm³/mol. The van der Waals surface area contributed by atoms with Gasteiger partial charge in [0.15, 0.2) is 5.82 Å². The Morgan fingerprint density at radius 2 is 2.00 bits per heavy atom. The van der Waals surface area contributed by atoms with E-state index in [0.29, 0.717) is 30.8 Å². The molecule has 0 saturated carbocycles. The fourth-order valence-electron chi connectivity index (χ4n) is 4.64. The van der Waals surface area contributed by atoms with Crippen LogP contribution in [0.25, 0.3) is 0 Å². The van der Waals surface area contributed by atoms with Crippen LogP contribution in [0.5, 0.6) is 0 Å². The average Bonchev–Trinajstić information content (AvgIpc) is 2.85. The monoisotopic (exact) mass is 347 g/mol. The molecule has 1 aromatic rings. The molecule has 4 aliphatic heterocycles. The van der Waals surface area contributed by atoms with Gasteiger partial charge in [0.2, 0.25) is 5.91 Å². The minimum absolute atomic E-state index is 0.269. The van der Waals surface area contributed by atoms with Crippen LogP contribution in [0.1, 0.15) is 43.8 Å². The number of fused-ring (bicyclic) bond motifs is 4. The van der Waals surface area contributed by atoms with Crippen LogP contribution in [0.15, 0.2) is 0 Å². The molecule has 0 radical (unpaired) electrons. The van der Waals surface area contributed by atoms with Crippen LogP contribution in [-0.2, 0) is 16.0 Å². The maximum absolute atomic E-state index is 12.8. The lowest BCUT2D eigenvalue weighted by Gasteiger charge is -2.37. The smallest absolute Gasteiger partial charge is 0.223 e. The zero-order valence-electron chi connectivity index (χ0n) is 15.1. The van der Waals surface area contributed by atoms with Crippen LogP contribution < -0.4 is 0 Å². The Morgan fingerprint density at radius 1 is 1.16 bits per heavy atom. The number of ether oxygens (including phenoxy) is 1. The molecule has 2 atom stereocenters. The molecular formula is C18H29N5O2. The first-order chi connectivity index (χ1) is 12.2. The van der Waals surface area contributed by atoms with Gasteiger partial charge in [-0.05, 0) is 38.5 Å². The summed E-state index contributed by atoms with van der Waals surface area (Å²) >= 11 is 0. The van der Waals surface area contributed by atoms with Crippen molar-refractivity contribution in [2.24, 2.45) is 5.92 Å². The van der Waals surface area contributed by atoms with Gasteiger partial charge >= 0.3 is 0 Å². The van der Waals surface area contributed by atoms with Crippen LogP contribution in [0.3, 0.4) is 0 Å². The van der Waals surface area contributed by atoms with Gasteiger partial charge in [0, 0.05) is 57.8 Å². The summed E-state index contributed by atoms with van der Waals surface area (Å²) in [4.78, 5) is 21.9. The van der Waals surface area contributed by atoms with Crippen molar-refractivity contribution in [1.29, 1.82) is 0 Å². The van der Waals surface area contributed by atoms with Gasteiger partial charge in [0.1, 0.15) is 5.82 Å². The van der Waals surface area contributed by atoms with Crippen molar-refractivity contribution in [1.82, 2.24) is 25.0 Å². The number of rotatable bonds is 4. The molecule has 5 rings (SSSR count). The van der Waals surface area contributed by atoms with Gasteiger partial charge in [0.05, 0.1) is 0 Å². The van der Waals surface area contributed by atoms with Gasteiger partial charge < -0.3 is 9.64 Å². The maximum atomic E-state index is 12.8. The van der Waals surface area contributed by atoms with Crippen molar-refractivity contribution >= 4 is 5.91 Å². The van der Waals surface area contributed by atoms with E-state index < -0.39 is 0 Å². The average molecular weight is 347 g/mol. The van der Waals surface area contributed by atoms with E-state index in [1.54, 1.807) is 0 Å². The molecule has 1 aromatic heterocycles. The third-order valence-corrected chi connectivity index (χ3v) is 5.98. The highest BCUT2D eigenvalue weighted by molar-refractivity contribution is 5.77. The summed E-state index contributed by atoms with van der Waals surface area (Å²) in [6.07, 6.45) is 5.82. The number of hydrogen-bond donors (Lipinski definition) is 1. The van der Waals surface area contributed by atoms with Crippen LogP contribution in [0.4, 0.5) is 0 Å². The van der Waals surface area contributed by atoms with E-state index in [4.69, 9.17) is 4.74 Å². The van der Waals surface area contributed by atoms with Crippen molar-refractivity contribution in [3.8, 4) is 0 Å². The van der Waals surface area contributed by atoms with Crippen LogP contribution in [0, 0.1) is 12.8 Å². The second kappa shape index (κ2) is 7.41. The highest BCUT2D eigenvalue weighted by atomic mass is 16.5. The molecular weight excluding hydrogens is 318 g/mol. The predicted octanol–water partition coefficient (Wildman–Crippen LogP) is 1.15. The number of aryl methyl sites for hydroxylation is 2. The fourth-order valence-corrected chi connectivity index (χ4v) is 4.64. The second-order valence-corrected chi connectivity index (χ2v) is 7.78. The molecule has 0 unspecified atom stereocenters. The lowest BCUT2D eigenvalue weighted by molar-refractivity contribution is -0.135. The van der Waals surface area contributed by atoms with Crippen LogP contribution >= 0.6 is 0 Å². The fraction of sp³-hybridized carbons (Fsp3) is 0.833. The first-order valence-corrected chi connectivity index (χ1v) is 9.68. The number of nitrogens with zero attached hydrogens (tertiary/aromatic N) is 4. The Kier molecular flexibility index (Phi) is 5.03. The highest BCUT2D eigenvalue weighted by Crippen LogP contribution is 2.31. The van der Waals surface area contributed by atoms with Gasteiger partial charge in [-0.2, -0.15) is 5.10 Å². The van der Waals surface area contributed by atoms with Crippen molar-refractivity contribution in [2.75, 3.05) is 32.8 Å². The lowest BCUT2D eigenvalue weighted by Crippen LogP contribution is -2.48. The molecule has 0 spiro atoms. The quantitative estimate of drug-likeness (QED) is 0.884. The van der Waals surface area contributed by atoms with E-state index in [9.17, 15) is 4.79 Å². The molecule has 7 nitrogen and oxygen atoms in total. The van der Waals surface area contributed by atoms with E-state index in [0.717, 1.165) is 63.8 Å². The van der Waals surface area contributed by atoms with Gasteiger partial charge in [-0.25, -0.2) is 4.98 Å². The molecule has 5 heterocycles. The number of H-pyrrole nitrogens is 1. The van der Waals surface area contributed by atoms with Gasteiger partial charge in [-0.1, -0.05) is 0 Å². The Morgan fingerprint density at radius 3 is 2.76 bits per heavy atom. The first kappa shape index (κ1) is 17.0. The van der Waals surface area contributed by atoms with Crippen molar-refractivity contribution in [2.45, 2.75) is 57.5 Å². The second-order valence-electron chi connectivity index (χ2n) is 7.78. The zero-order valence-corrected chi connectivity index (χ0v) is 15.1. The molecule has 2 bridgehead atoms. The lowest BCUT2D eigenvalue weighted by atomic mass is 9.94. The highest BCUT2D eigenvalue weighted by Gasteiger charge is 2.39. The Bertz CT molecular complexity index is 598. The standard InChI is InChI=1S/C18H29N5O2/c1-13-19-17(21-20-13)4-5-18(24)23-11-14-2-3-16(23)12-22(10-14)15-6-8-25-9-7-15/h14-16H,2-12H2,1H3,(H,19,20,21)/t14-,16+/m0/s1. The molecule has 4 fully saturated rings. The molecule has 0 aromatic carbocycles. The summed E-state index contributed by atoms with van der Waals surface area (Å²) in [5, 5.41) is 6.99. The van der Waals surface area contributed by atoms with Gasteiger partial charge in [-0.15, -0.1) is 0 Å². The number of aromatic amines is 1. The maximum Gasteiger partial charge on any atom is 0.223 e. The van der Waals surface area contributed by atoms with Crippen LogP contribution in [0.2, 0.25) is 0 Å². The third kappa shape index (κ3) is 3.87. The summed E-state index contributed by atoms with van der Waals surface area (Å²) in [5.41, 5.74) is 0. The van der Waals surface area contributed by atoms with E-state index in [1.165, 1.54) is 6.42 Å². The minimum atomic E-state index is 0.269. The normalized spacial score (nSPS) is 28.3. The van der Waals surface area contributed by atoms with Crippen molar-refractivity contribution in [3.63, 3.8) is 0 Å². The molecule has 1 N–H and O–H groups in total. The van der Waals surface area contributed by atoms with E-state index in [2.05, 4.69) is 25.0 Å².